The first-order valence-corrected chi connectivity index (χ1v) is 6.34. The number of thiophene rings is 1. The smallest absolute Gasteiger partial charge is 0.0568 e. The third-order valence-corrected chi connectivity index (χ3v) is 4.38. The van der Waals surface area contributed by atoms with Crippen molar-refractivity contribution < 1.29 is 0 Å². The number of thiol groups is 1. The van der Waals surface area contributed by atoms with Gasteiger partial charge in [-0.3, -0.25) is 0 Å². The van der Waals surface area contributed by atoms with Crippen LogP contribution in [0.2, 0.25) is 0 Å². The van der Waals surface area contributed by atoms with E-state index in [0.717, 1.165) is 11.3 Å². The normalized spacial score (nSPS) is 11.1. The molecule has 0 aliphatic carbocycles. The number of alkyl halides is 1. The monoisotopic (exact) mass is 242 g/mol. The molecule has 0 aliphatic heterocycles. The third-order valence-electron chi connectivity index (χ3n) is 2.25. The summed E-state index contributed by atoms with van der Waals surface area (Å²) in [5.74, 6) is 0.591. The Morgan fingerprint density at radius 1 is 1.36 bits per heavy atom. The minimum Gasteiger partial charge on any atom is -0.142 e. The van der Waals surface area contributed by atoms with Crippen LogP contribution in [0.4, 0.5) is 0 Å². The van der Waals surface area contributed by atoms with E-state index in [2.05, 4.69) is 37.8 Å². The van der Waals surface area contributed by atoms with Gasteiger partial charge in [-0.25, -0.2) is 0 Å². The Bertz CT molecular complexity index is 460. The Hall–Kier alpha value is -0.180. The van der Waals surface area contributed by atoms with Gasteiger partial charge in [-0.15, -0.1) is 35.6 Å². The Balaban J connectivity index is 2.67. The Morgan fingerprint density at radius 2 is 2.14 bits per heavy atom. The van der Waals surface area contributed by atoms with Crippen LogP contribution in [0.3, 0.4) is 0 Å². The van der Waals surface area contributed by atoms with Gasteiger partial charge < -0.3 is 0 Å². The van der Waals surface area contributed by atoms with Gasteiger partial charge in [0.15, 0.2) is 0 Å². The lowest BCUT2D eigenvalue weighted by atomic mass is 10.1. The van der Waals surface area contributed by atoms with Crippen LogP contribution in [0, 0.1) is 0 Å². The van der Waals surface area contributed by atoms with Crippen molar-refractivity contribution in [2.45, 2.75) is 24.1 Å². The molecule has 1 heterocycles. The number of aryl methyl sites for hydroxylation is 1. The molecule has 2 rings (SSSR count). The van der Waals surface area contributed by atoms with Crippen molar-refractivity contribution in [1.82, 2.24) is 0 Å². The van der Waals surface area contributed by atoms with Gasteiger partial charge in [0.2, 0.25) is 0 Å². The topological polar surface area (TPSA) is 0 Å². The first-order chi connectivity index (χ1) is 6.74. The van der Waals surface area contributed by atoms with Crippen molar-refractivity contribution in [2.75, 3.05) is 0 Å². The molecule has 0 fully saturated rings. The molecule has 0 aliphatic rings. The van der Waals surface area contributed by atoms with Gasteiger partial charge in [0.1, 0.15) is 0 Å². The van der Waals surface area contributed by atoms with E-state index >= 15 is 0 Å². The van der Waals surface area contributed by atoms with Crippen molar-refractivity contribution in [3.63, 3.8) is 0 Å². The Labute approximate surface area is 98.3 Å². The molecule has 0 amide bonds. The van der Waals surface area contributed by atoms with Gasteiger partial charge in [-0.05, 0) is 29.5 Å². The molecule has 0 saturated heterocycles. The molecule has 0 saturated carbocycles. The molecule has 2 aromatic rings. The average molecular weight is 243 g/mol. The summed E-state index contributed by atoms with van der Waals surface area (Å²) in [6.07, 6.45) is 1.05. The lowest BCUT2D eigenvalue weighted by molar-refractivity contribution is 1.14. The van der Waals surface area contributed by atoms with Crippen LogP contribution in [0.1, 0.15) is 17.4 Å². The zero-order chi connectivity index (χ0) is 10.1. The molecule has 14 heavy (non-hydrogen) atoms. The maximum Gasteiger partial charge on any atom is 0.0568 e. The standard InChI is InChI=1S/C11H11ClS2/c1-2-7-3-8-5-9(6-12)14-11(8)10(13)4-7/h3-5,13H,2,6H2,1H3. The highest BCUT2D eigenvalue weighted by Crippen LogP contribution is 2.32. The molecule has 0 spiro atoms. The van der Waals surface area contributed by atoms with E-state index in [0.29, 0.717) is 5.88 Å². The fourth-order valence-corrected chi connectivity index (χ4v) is 3.09. The first-order valence-electron chi connectivity index (χ1n) is 4.55. The van der Waals surface area contributed by atoms with Gasteiger partial charge in [-0.2, -0.15) is 0 Å². The maximum atomic E-state index is 5.81. The Kier molecular flexibility index (Phi) is 3.05. The summed E-state index contributed by atoms with van der Waals surface area (Å²) in [7, 11) is 0. The lowest BCUT2D eigenvalue weighted by Crippen LogP contribution is -1.79. The maximum absolute atomic E-state index is 5.81. The molecule has 0 atom stereocenters. The van der Waals surface area contributed by atoms with Crippen molar-refractivity contribution in [3.05, 3.63) is 28.6 Å². The summed E-state index contributed by atoms with van der Waals surface area (Å²) >= 11 is 12.0. The summed E-state index contributed by atoms with van der Waals surface area (Å²) in [6.45, 7) is 2.16. The number of fused-ring (bicyclic) bond motifs is 1. The highest BCUT2D eigenvalue weighted by atomic mass is 35.5. The number of hydrogen-bond donors (Lipinski definition) is 1. The summed E-state index contributed by atoms with van der Waals surface area (Å²) in [4.78, 5) is 2.28. The summed E-state index contributed by atoms with van der Waals surface area (Å²) < 4.78 is 1.25. The van der Waals surface area contributed by atoms with E-state index in [9.17, 15) is 0 Å². The molecule has 0 nitrogen and oxygen atoms in total. The summed E-state index contributed by atoms with van der Waals surface area (Å²) in [5, 5.41) is 1.27. The Morgan fingerprint density at radius 3 is 2.79 bits per heavy atom. The second-order valence-corrected chi connectivity index (χ2v) is 5.12. The van der Waals surface area contributed by atoms with E-state index in [4.69, 9.17) is 11.6 Å². The molecular formula is C11H11ClS2. The van der Waals surface area contributed by atoms with Crippen molar-refractivity contribution in [2.24, 2.45) is 0 Å². The highest BCUT2D eigenvalue weighted by Gasteiger charge is 2.05. The van der Waals surface area contributed by atoms with Crippen LogP contribution in [0.15, 0.2) is 23.1 Å². The minimum atomic E-state index is 0.591. The van der Waals surface area contributed by atoms with Gasteiger partial charge in [0.05, 0.1) is 5.88 Å². The van der Waals surface area contributed by atoms with Crippen LogP contribution in [0.25, 0.3) is 10.1 Å². The van der Waals surface area contributed by atoms with E-state index < -0.39 is 0 Å². The quantitative estimate of drug-likeness (QED) is 0.582. The van der Waals surface area contributed by atoms with Crippen LogP contribution >= 0.6 is 35.6 Å². The molecule has 0 bridgehead atoms. The first kappa shape index (κ1) is 10.3. The van der Waals surface area contributed by atoms with E-state index in [1.165, 1.54) is 20.5 Å². The molecule has 3 heteroatoms. The van der Waals surface area contributed by atoms with Crippen molar-refractivity contribution >= 4 is 45.7 Å². The highest BCUT2D eigenvalue weighted by molar-refractivity contribution is 7.80. The number of rotatable bonds is 2. The molecule has 1 aromatic heterocycles. The average Bonchev–Trinajstić information content (AvgIpc) is 2.61. The predicted octanol–water partition coefficient (Wildman–Crippen LogP) is 4.49. The van der Waals surface area contributed by atoms with Crippen molar-refractivity contribution in [3.8, 4) is 0 Å². The van der Waals surface area contributed by atoms with Gasteiger partial charge >= 0.3 is 0 Å². The fraction of sp³-hybridized carbons (Fsp3) is 0.273. The molecule has 74 valence electrons. The fourth-order valence-electron chi connectivity index (χ4n) is 1.52. The van der Waals surface area contributed by atoms with Gasteiger partial charge in [0, 0.05) is 14.5 Å². The SMILES string of the molecule is CCc1cc(S)c2sc(CCl)cc2c1. The predicted molar refractivity (Wildman–Crippen MR) is 68.0 cm³/mol. The molecular weight excluding hydrogens is 232 g/mol. The second-order valence-electron chi connectivity index (χ2n) is 3.23. The molecule has 1 aromatic carbocycles. The molecule has 0 unspecified atom stereocenters. The zero-order valence-corrected chi connectivity index (χ0v) is 10.3. The van der Waals surface area contributed by atoms with Crippen LogP contribution in [0.5, 0.6) is 0 Å². The zero-order valence-electron chi connectivity index (χ0n) is 7.88. The number of hydrogen-bond acceptors (Lipinski definition) is 2. The van der Waals surface area contributed by atoms with Gasteiger partial charge in [0.25, 0.3) is 0 Å². The minimum absolute atomic E-state index is 0.591. The summed E-state index contributed by atoms with van der Waals surface area (Å²) in [5.41, 5.74) is 1.33. The summed E-state index contributed by atoms with van der Waals surface area (Å²) in [6, 6.07) is 6.52. The molecule has 0 N–H and O–H groups in total. The van der Waals surface area contributed by atoms with E-state index in [-0.39, 0.29) is 0 Å². The number of benzene rings is 1. The van der Waals surface area contributed by atoms with Crippen LogP contribution in [-0.2, 0) is 12.3 Å². The molecule has 0 radical (unpaired) electrons. The third kappa shape index (κ3) is 1.79. The van der Waals surface area contributed by atoms with Crippen molar-refractivity contribution in [1.29, 1.82) is 0 Å². The van der Waals surface area contributed by atoms with Crippen LogP contribution < -0.4 is 0 Å². The largest absolute Gasteiger partial charge is 0.142 e. The lowest BCUT2D eigenvalue weighted by Gasteiger charge is -1.99. The van der Waals surface area contributed by atoms with Gasteiger partial charge in [-0.1, -0.05) is 13.0 Å². The van der Waals surface area contributed by atoms with E-state index in [1.807, 2.05) is 0 Å². The van der Waals surface area contributed by atoms with Crippen LogP contribution in [-0.4, -0.2) is 0 Å². The second kappa shape index (κ2) is 4.13. The number of halogens is 1. The van der Waals surface area contributed by atoms with E-state index in [1.54, 1.807) is 11.3 Å².